The Kier molecular flexibility index (Phi) is 27.4. The number of anilines is 6. The second-order valence-corrected chi connectivity index (χ2v) is 30.0. The van der Waals surface area contributed by atoms with Crippen LogP contribution in [0.15, 0.2) is 129 Å². The van der Waals surface area contributed by atoms with Crippen molar-refractivity contribution in [1.82, 2.24) is 29.9 Å². The highest BCUT2D eigenvalue weighted by atomic mass is 79.9. The number of aromatic amines is 3. The summed E-state index contributed by atoms with van der Waals surface area (Å²) in [5.41, 5.74) is 13.2. The van der Waals surface area contributed by atoms with Crippen LogP contribution < -0.4 is 47.3 Å². The van der Waals surface area contributed by atoms with Gasteiger partial charge >= 0.3 is 7.12 Å². The zero-order valence-corrected chi connectivity index (χ0v) is 66.4. The monoisotopic (exact) mass is 1500 g/mol. The van der Waals surface area contributed by atoms with Crippen molar-refractivity contribution in [2.45, 2.75) is 191 Å². The van der Waals surface area contributed by atoms with E-state index in [-0.39, 0.29) is 35.0 Å². The van der Waals surface area contributed by atoms with Gasteiger partial charge in [0.25, 0.3) is 16.7 Å². The highest BCUT2D eigenvalue weighted by Crippen LogP contribution is 2.40. The molecule has 22 heteroatoms. The van der Waals surface area contributed by atoms with Crippen molar-refractivity contribution in [2.24, 2.45) is 0 Å². The Bertz CT molecular complexity index is 4720. The predicted octanol–water partition coefficient (Wildman–Crippen LogP) is 16.2. The van der Waals surface area contributed by atoms with Crippen LogP contribution in [0, 0.1) is 41.5 Å². The number of hydrogen-bond donors (Lipinski definition) is 6. The van der Waals surface area contributed by atoms with Crippen LogP contribution >= 0.6 is 15.9 Å². The molecule has 0 unspecified atom stereocenters. The number of fused-ring (bicyclic) bond motifs is 3. The number of nitrogens with zero attached hydrogens (tertiary/aromatic N) is 6. The molecule has 106 heavy (non-hydrogen) atoms. The zero-order chi connectivity index (χ0) is 76.0. The van der Waals surface area contributed by atoms with Gasteiger partial charge in [-0.05, 0) is 236 Å². The summed E-state index contributed by atoms with van der Waals surface area (Å²) in [6, 6.07) is 26.9. The average Bonchev–Trinajstić information content (AvgIpc) is 1.000. The molecule has 4 fully saturated rings. The van der Waals surface area contributed by atoms with Gasteiger partial charge in [-0.1, -0.05) is 41.5 Å². The highest BCUT2D eigenvalue weighted by Gasteiger charge is 2.50. The SMILES string of the molecule is C=CB1OC(C)(C)C(C)(C)O1.C=Cc1cc(N(CC)C2CCOCC2)c2ccnc(NCc3c(C)cc(C)[nH]c3=O)c2c1.CCN(c1cc(Br)cc2c(NCc3c(C)cc(C)[nH]c3=O)nccc12)C1CCOCC1.CCc1cc(N(CC)C2CCOCC2)c2ccnc(NCc3c(C)cc(C)[nH]c3=O)c2c1. The second-order valence-electron chi connectivity index (χ2n) is 29.0. The van der Waals surface area contributed by atoms with Gasteiger partial charge in [0.1, 0.15) is 17.5 Å². The molecule has 9 aromatic rings. The third-order valence-corrected chi connectivity index (χ3v) is 21.8. The van der Waals surface area contributed by atoms with E-state index in [4.69, 9.17) is 23.5 Å². The van der Waals surface area contributed by atoms with E-state index >= 15 is 0 Å². The molecule has 4 aliphatic heterocycles. The van der Waals surface area contributed by atoms with Gasteiger partial charge in [0.2, 0.25) is 0 Å². The van der Waals surface area contributed by atoms with Crippen molar-refractivity contribution >= 4 is 96.0 Å². The normalized spacial score (nSPS) is 15.9. The fraction of sp³-hybridized carbons (Fsp3) is 0.452. The minimum atomic E-state index is -0.250. The lowest BCUT2D eigenvalue weighted by Crippen LogP contribution is -2.41. The number of pyridine rings is 6. The van der Waals surface area contributed by atoms with Gasteiger partial charge < -0.3 is 69.1 Å². The van der Waals surface area contributed by atoms with Crippen molar-refractivity contribution in [3.63, 3.8) is 0 Å². The third-order valence-electron chi connectivity index (χ3n) is 21.4. The predicted molar refractivity (Wildman–Crippen MR) is 441 cm³/mol. The molecule has 0 bridgehead atoms. The lowest BCUT2D eigenvalue weighted by atomic mass is 9.90. The van der Waals surface area contributed by atoms with E-state index in [9.17, 15) is 14.4 Å². The van der Waals surface area contributed by atoms with Gasteiger partial charge in [0.15, 0.2) is 0 Å². The van der Waals surface area contributed by atoms with Crippen LogP contribution in [-0.4, -0.2) is 126 Å². The Hall–Kier alpha value is -8.64. The molecule has 4 saturated heterocycles. The Labute approximate surface area is 634 Å². The Morgan fingerprint density at radius 2 is 0.830 bits per heavy atom. The van der Waals surface area contributed by atoms with Crippen molar-refractivity contribution in [3.05, 3.63) is 208 Å². The number of benzene rings is 3. The van der Waals surface area contributed by atoms with E-state index < -0.39 is 0 Å². The number of halogens is 1. The van der Waals surface area contributed by atoms with Crippen LogP contribution in [0.4, 0.5) is 34.5 Å². The van der Waals surface area contributed by atoms with E-state index in [1.165, 1.54) is 28.0 Å². The largest absolute Gasteiger partial charge is 0.486 e. The molecule has 0 saturated carbocycles. The second kappa shape index (κ2) is 36.3. The molecular formula is C84H110BBrN12O8. The topological polar surface area (TPSA) is 229 Å². The summed E-state index contributed by atoms with van der Waals surface area (Å²) in [6.45, 7) is 45.1. The Balaban J connectivity index is 0.000000158. The van der Waals surface area contributed by atoms with Gasteiger partial charge in [0.05, 0.1) is 11.2 Å². The summed E-state index contributed by atoms with van der Waals surface area (Å²) in [4.78, 5) is 67.4. The molecule has 0 radical (unpaired) electrons. The van der Waals surface area contributed by atoms with E-state index in [0.717, 1.165) is 209 Å². The first kappa shape index (κ1) is 79.9. The number of ether oxygens (including phenoxy) is 3. The van der Waals surface area contributed by atoms with Gasteiger partial charge in [0, 0.05) is 203 Å². The van der Waals surface area contributed by atoms with Crippen LogP contribution in [0.1, 0.15) is 156 Å². The van der Waals surface area contributed by atoms with Gasteiger partial charge in [-0.25, -0.2) is 15.0 Å². The molecular weight excluding hydrogens is 1400 g/mol. The molecule has 6 aromatic heterocycles. The summed E-state index contributed by atoms with van der Waals surface area (Å²) < 4.78 is 28.9. The van der Waals surface area contributed by atoms with Crippen molar-refractivity contribution < 1.29 is 23.5 Å². The lowest BCUT2D eigenvalue weighted by Gasteiger charge is -2.36. The maximum Gasteiger partial charge on any atom is 0.486 e. The molecule has 6 N–H and O–H groups in total. The molecule has 0 spiro atoms. The Morgan fingerprint density at radius 1 is 0.491 bits per heavy atom. The number of rotatable bonds is 21. The quantitative estimate of drug-likeness (QED) is 0.0367. The number of nitrogens with one attached hydrogen (secondary N) is 6. The van der Waals surface area contributed by atoms with Crippen LogP contribution in [-0.2, 0) is 49.6 Å². The fourth-order valence-corrected chi connectivity index (χ4v) is 15.4. The Morgan fingerprint density at radius 3 is 1.15 bits per heavy atom. The highest BCUT2D eigenvalue weighted by molar-refractivity contribution is 9.10. The van der Waals surface area contributed by atoms with E-state index in [1.807, 2.05) is 112 Å². The van der Waals surface area contributed by atoms with Crippen molar-refractivity contribution in [1.29, 1.82) is 0 Å². The van der Waals surface area contributed by atoms with Crippen LogP contribution in [0.25, 0.3) is 38.4 Å². The standard InChI is InChI=1S/C26H34N4O2.C26H32N4O2.C24H29BrN4O2.C8H15BO2/c2*1-5-19-14-22-21(24(15-19)30(6-2)20-8-11-32-12-9-20)7-10-27-25(22)28-16-23-17(3)13-18(4)29-26(23)31;1-4-29(18-6-9-31-10-7-18)22-13-17(25)12-20-19(22)5-8-26-23(20)27-14-21-15(2)11-16(3)28-24(21)30;1-6-9-10-7(2,3)8(4,5)11-9/h7,10,13-15,20H,5-6,8-9,11-12,16H2,1-4H3,(H,27,28)(H,29,31);5,7,10,13-15,20H,1,6,8-9,11-12,16H2,2-4H3,(H,27,28)(H,29,31);5,8,11-13,18H,4,6-7,9-10,14H2,1-3H3,(H,26,27)(H,28,30);6H,1H2,2-5H3. The number of aryl methyl sites for hydroxylation is 7. The first-order valence-corrected chi connectivity index (χ1v) is 38.5. The number of H-pyrrole nitrogens is 3. The smallest absolute Gasteiger partial charge is 0.400 e. The summed E-state index contributed by atoms with van der Waals surface area (Å²) in [5, 5.41) is 17.0. The zero-order valence-electron chi connectivity index (χ0n) is 64.8. The van der Waals surface area contributed by atoms with Gasteiger partial charge in [-0.3, -0.25) is 14.4 Å². The number of hydrogen-bond acceptors (Lipinski definition) is 17. The van der Waals surface area contributed by atoms with Crippen LogP contribution in [0.3, 0.4) is 0 Å². The molecule has 564 valence electrons. The van der Waals surface area contributed by atoms with E-state index in [2.05, 4.69) is 172 Å². The van der Waals surface area contributed by atoms with E-state index in [0.29, 0.717) is 37.8 Å². The molecule has 10 heterocycles. The van der Waals surface area contributed by atoms with Gasteiger partial charge in [-0.2, -0.15) is 0 Å². The maximum absolute atomic E-state index is 12.5. The lowest BCUT2D eigenvalue weighted by molar-refractivity contribution is 0.00578. The first-order chi connectivity index (χ1) is 50.9. The summed E-state index contributed by atoms with van der Waals surface area (Å²) >= 11 is 3.70. The summed E-state index contributed by atoms with van der Waals surface area (Å²) in [6.07, 6.45) is 14.6. The molecule has 20 nitrogen and oxygen atoms in total. The minimum Gasteiger partial charge on any atom is -0.400 e. The minimum absolute atomic E-state index is 0.0400. The molecule has 4 aliphatic rings. The first-order valence-electron chi connectivity index (χ1n) is 37.8. The summed E-state index contributed by atoms with van der Waals surface area (Å²) in [7, 11) is -0.250. The van der Waals surface area contributed by atoms with E-state index in [1.54, 1.807) is 5.98 Å². The molecule has 0 aliphatic carbocycles. The third kappa shape index (κ3) is 19.0. The summed E-state index contributed by atoms with van der Waals surface area (Å²) in [5.74, 6) is 4.05. The van der Waals surface area contributed by atoms with Crippen LogP contribution in [0.2, 0.25) is 0 Å². The van der Waals surface area contributed by atoms with Crippen molar-refractivity contribution in [3.8, 4) is 0 Å². The average molecular weight is 1510 g/mol. The maximum atomic E-state index is 12.5. The fourth-order valence-electron chi connectivity index (χ4n) is 15.0. The molecule has 3 aromatic carbocycles. The molecule has 13 rings (SSSR count). The van der Waals surface area contributed by atoms with Gasteiger partial charge in [-0.15, -0.1) is 6.58 Å². The number of aromatic nitrogens is 6. The molecule has 0 amide bonds. The van der Waals surface area contributed by atoms with Crippen LogP contribution in [0.5, 0.6) is 0 Å². The molecule has 0 atom stereocenters. The van der Waals surface area contributed by atoms with Crippen molar-refractivity contribution in [2.75, 3.05) is 89.9 Å².